The number of methoxy groups -OCH3 is 2. The Morgan fingerprint density at radius 1 is 0.875 bits per heavy atom. The summed E-state index contributed by atoms with van der Waals surface area (Å²) in [5.74, 6) is 3.90. The van der Waals surface area contributed by atoms with E-state index in [9.17, 15) is 0 Å². The second-order valence-corrected chi connectivity index (χ2v) is 8.91. The van der Waals surface area contributed by atoms with Crippen LogP contribution in [0.25, 0.3) is 0 Å². The Bertz CT molecular complexity index is 911. The van der Waals surface area contributed by atoms with Crippen LogP contribution < -0.4 is 14.2 Å². The molecule has 0 N–H and O–H groups in total. The summed E-state index contributed by atoms with van der Waals surface area (Å²) in [7, 11) is 3.36. The minimum Gasteiger partial charge on any atom is -0.493 e. The van der Waals surface area contributed by atoms with Gasteiger partial charge in [0.1, 0.15) is 12.4 Å². The lowest BCUT2D eigenvalue weighted by Gasteiger charge is -2.46. The summed E-state index contributed by atoms with van der Waals surface area (Å²) in [6.45, 7) is 7.39. The largest absolute Gasteiger partial charge is 0.493 e. The molecule has 2 aliphatic heterocycles. The normalized spacial score (nSPS) is 21.0. The van der Waals surface area contributed by atoms with Crippen LogP contribution in [0, 0.1) is 23.2 Å². The highest BCUT2D eigenvalue weighted by molar-refractivity contribution is 5.43. The van der Waals surface area contributed by atoms with E-state index in [1.54, 1.807) is 26.4 Å². The number of benzene rings is 2. The van der Waals surface area contributed by atoms with Crippen molar-refractivity contribution in [2.75, 3.05) is 60.1 Å². The van der Waals surface area contributed by atoms with E-state index in [-0.39, 0.29) is 0 Å². The molecule has 0 spiro atoms. The molecule has 2 heterocycles. The van der Waals surface area contributed by atoms with Gasteiger partial charge in [-0.1, -0.05) is 6.07 Å². The van der Waals surface area contributed by atoms with E-state index < -0.39 is 0 Å². The van der Waals surface area contributed by atoms with Gasteiger partial charge in [-0.25, -0.2) is 0 Å². The van der Waals surface area contributed by atoms with Gasteiger partial charge in [0.25, 0.3) is 0 Å². The van der Waals surface area contributed by atoms with Crippen LogP contribution in [0.2, 0.25) is 0 Å². The monoisotopic (exact) mass is 435 g/mol. The number of rotatable bonds is 9. The third kappa shape index (κ3) is 5.73. The number of fused-ring (bicyclic) bond motifs is 2. The molecule has 6 nitrogen and oxygen atoms in total. The SMILES string of the molecule is COc1ccc(CCN2CC3CC(CN(CCOc4ccc(C#N)cc4)C3)C2)cc1OC. The standard InChI is InChI=1S/C26H33N3O3/c1-30-25-8-5-20(14-26(25)31-2)9-10-28-16-22-13-23(17-28)19-29(18-22)11-12-32-24-6-3-21(15-27)4-7-24/h3-8,14,22-23H,9-13,16-19H2,1-2H3. The van der Waals surface area contributed by atoms with E-state index in [1.807, 2.05) is 18.2 Å². The Kier molecular flexibility index (Phi) is 7.51. The summed E-state index contributed by atoms with van der Waals surface area (Å²) in [5.41, 5.74) is 1.96. The fourth-order valence-corrected chi connectivity index (χ4v) is 5.10. The molecule has 2 saturated heterocycles. The molecule has 2 atom stereocenters. The molecule has 4 rings (SSSR count). The van der Waals surface area contributed by atoms with E-state index in [2.05, 4.69) is 28.0 Å². The summed E-state index contributed by atoms with van der Waals surface area (Å²) in [5, 5.41) is 8.89. The molecule has 2 fully saturated rings. The molecule has 2 aliphatic rings. The summed E-state index contributed by atoms with van der Waals surface area (Å²) < 4.78 is 16.7. The second-order valence-electron chi connectivity index (χ2n) is 8.91. The molecule has 0 radical (unpaired) electrons. The minimum atomic E-state index is 0.664. The van der Waals surface area contributed by atoms with E-state index in [4.69, 9.17) is 19.5 Å². The number of likely N-dealkylation sites (tertiary alicyclic amines) is 2. The molecule has 0 aromatic heterocycles. The van der Waals surface area contributed by atoms with E-state index in [0.29, 0.717) is 12.2 Å². The Morgan fingerprint density at radius 2 is 1.53 bits per heavy atom. The lowest BCUT2D eigenvalue weighted by atomic mass is 9.84. The zero-order chi connectivity index (χ0) is 22.3. The second kappa shape index (κ2) is 10.7. The fraction of sp³-hybridized carbons (Fsp3) is 0.500. The van der Waals surface area contributed by atoms with Gasteiger partial charge in [-0.15, -0.1) is 0 Å². The van der Waals surface area contributed by atoms with Crippen molar-refractivity contribution >= 4 is 0 Å². The maximum Gasteiger partial charge on any atom is 0.160 e. The molecule has 2 unspecified atom stereocenters. The smallest absolute Gasteiger partial charge is 0.160 e. The first-order chi connectivity index (χ1) is 15.7. The van der Waals surface area contributed by atoms with E-state index in [0.717, 1.165) is 61.7 Å². The number of nitrogens with zero attached hydrogens (tertiary/aromatic N) is 3. The van der Waals surface area contributed by atoms with Crippen LogP contribution in [0.15, 0.2) is 42.5 Å². The van der Waals surface area contributed by atoms with Crippen molar-refractivity contribution in [3.63, 3.8) is 0 Å². The van der Waals surface area contributed by atoms with Gasteiger partial charge in [0.05, 0.1) is 25.9 Å². The van der Waals surface area contributed by atoms with Crippen molar-refractivity contribution in [1.82, 2.24) is 9.80 Å². The Labute approximate surface area is 191 Å². The van der Waals surface area contributed by atoms with Crippen molar-refractivity contribution in [2.45, 2.75) is 12.8 Å². The van der Waals surface area contributed by atoms with Gasteiger partial charge in [0.15, 0.2) is 11.5 Å². The number of nitriles is 1. The van der Waals surface area contributed by atoms with Crippen LogP contribution >= 0.6 is 0 Å². The lowest BCUT2D eigenvalue weighted by molar-refractivity contribution is 0.0265. The average Bonchev–Trinajstić information content (AvgIpc) is 2.82. The van der Waals surface area contributed by atoms with E-state index in [1.165, 1.54) is 25.1 Å². The highest BCUT2D eigenvalue weighted by Crippen LogP contribution is 2.30. The van der Waals surface area contributed by atoms with Crippen LogP contribution in [0.4, 0.5) is 0 Å². The number of piperidine rings is 2. The van der Waals surface area contributed by atoms with Crippen molar-refractivity contribution in [1.29, 1.82) is 5.26 Å². The first kappa shape index (κ1) is 22.4. The molecule has 0 saturated carbocycles. The molecule has 2 aromatic carbocycles. The van der Waals surface area contributed by atoms with Crippen molar-refractivity contribution in [2.24, 2.45) is 11.8 Å². The summed E-state index contributed by atoms with van der Waals surface area (Å²) in [6.07, 6.45) is 2.38. The van der Waals surface area contributed by atoms with Gasteiger partial charge in [-0.2, -0.15) is 5.26 Å². The van der Waals surface area contributed by atoms with Gasteiger partial charge >= 0.3 is 0 Å². The Morgan fingerprint density at radius 3 is 2.16 bits per heavy atom. The zero-order valence-corrected chi connectivity index (χ0v) is 19.1. The quantitative estimate of drug-likeness (QED) is 0.601. The van der Waals surface area contributed by atoms with Crippen LogP contribution in [0.5, 0.6) is 17.2 Å². The predicted octanol–water partition coefficient (Wildman–Crippen LogP) is 3.45. The first-order valence-corrected chi connectivity index (χ1v) is 11.5. The minimum absolute atomic E-state index is 0.664. The van der Waals surface area contributed by atoms with Crippen LogP contribution in [0.1, 0.15) is 17.5 Å². The Balaban J connectivity index is 1.21. The van der Waals surface area contributed by atoms with Gasteiger partial charge < -0.3 is 19.1 Å². The van der Waals surface area contributed by atoms with Gasteiger partial charge in [0.2, 0.25) is 0 Å². The maximum atomic E-state index is 8.89. The predicted molar refractivity (Wildman–Crippen MR) is 124 cm³/mol. The number of hydrogen-bond donors (Lipinski definition) is 0. The van der Waals surface area contributed by atoms with Crippen molar-refractivity contribution < 1.29 is 14.2 Å². The van der Waals surface area contributed by atoms with Gasteiger partial charge in [0, 0.05) is 39.3 Å². The summed E-state index contributed by atoms with van der Waals surface area (Å²) in [4.78, 5) is 5.20. The summed E-state index contributed by atoms with van der Waals surface area (Å²) >= 11 is 0. The van der Waals surface area contributed by atoms with Crippen LogP contribution in [-0.2, 0) is 6.42 Å². The van der Waals surface area contributed by atoms with E-state index >= 15 is 0 Å². The fourth-order valence-electron chi connectivity index (χ4n) is 5.10. The van der Waals surface area contributed by atoms with Crippen LogP contribution in [-0.4, -0.2) is 69.9 Å². The van der Waals surface area contributed by atoms with Crippen molar-refractivity contribution in [3.05, 3.63) is 53.6 Å². The molecule has 170 valence electrons. The van der Waals surface area contributed by atoms with Crippen molar-refractivity contribution in [3.8, 4) is 23.3 Å². The number of ether oxygens (including phenoxy) is 3. The highest BCUT2D eigenvalue weighted by atomic mass is 16.5. The molecule has 0 amide bonds. The third-order valence-corrected chi connectivity index (χ3v) is 6.56. The third-order valence-electron chi connectivity index (χ3n) is 6.56. The summed E-state index contributed by atoms with van der Waals surface area (Å²) in [6, 6.07) is 15.7. The lowest BCUT2D eigenvalue weighted by Crippen LogP contribution is -2.53. The number of hydrogen-bond acceptors (Lipinski definition) is 6. The molecular formula is C26H33N3O3. The van der Waals surface area contributed by atoms with Gasteiger partial charge in [-0.3, -0.25) is 4.90 Å². The topological polar surface area (TPSA) is 58.0 Å². The maximum absolute atomic E-state index is 8.89. The average molecular weight is 436 g/mol. The molecule has 0 aliphatic carbocycles. The van der Waals surface area contributed by atoms with Gasteiger partial charge in [-0.05, 0) is 66.6 Å². The first-order valence-electron chi connectivity index (χ1n) is 11.5. The molecule has 32 heavy (non-hydrogen) atoms. The molecular weight excluding hydrogens is 402 g/mol. The highest BCUT2D eigenvalue weighted by Gasteiger charge is 2.33. The molecule has 2 bridgehead atoms. The zero-order valence-electron chi connectivity index (χ0n) is 19.1. The van der Waals surface area contributed by atoms with Crippen LogP contribution in [0.3, 0.4) is 0 Å². The Hall–Kier alpha value is -2.75. The molecule has 2 aromatic rings. The molecule has 6 heteroatoms.